The Morgan fingerprint density at radius 3 is 2.46 bits per heavy atom. The molecule has 0 rings (SSSR count). The first kappa shape index (κ1) is 12.1. The molecule has 0 aromatic carbocycles. The molecule has 3 N–H and O–H groups in total. The molecular formula is C9H17NO3. The average Bonchev–Trinajstić information content (AvgIpc) is 2.11. The van der Waals surface area contributed by atoms with Crippen molar-refractivity contribution in [1.82, 2.24) is 5.32 Å². The molecule has 0 aromatic rings. The lowest BCUT2D eigenvalue weighted by molar-refractivity contribution is -0.132. The van der Waals surface area contributed by atoms with Gasteiger partial charge in [-0.1, -0.05) is 13.5 Å². The largest absolute Gasteiger partial charge is 0.478 e. The van der Waals surface area contributed by atoms with Crippen LogP contribution in [0.15, 0.2) is 12.2 Å². The van der Waals surface area contributed by atoms with Crippen molar-refractivity contribution < 1.29 is 15.0 Å². The van der Waals surface area contributed by atoms with Gasteiger partial charge < -0.3 is 15.5 Å². The molecule has 0 aliphatic rings. The Bertz CT molecular complexity index is 191. The minimum Gasteiger partial charge on any atom is -0.478 e. The van der Waals surface area contributed by atoms with E-state index in [9.17, 15) is 4.79 Å². The van der Waals surface area contributed by atoms with Crippen LogP contribution in [0.5, 0.6) is 0 Å². The predicted molar refractivity (Wildman–Crippen MR) is 50.5 cm³/mol. The first-order chi connectivity index (χ1) is 5.99. The van der Waals surface area contributed by atoms with Crippen molar-refractivity contribution in [2.45, 2.75) is 19.9 Å². The Kier molecular flexibility index (Phi) is 5.34. The van der Waals surface area contributed by atoms with Crippen LogP contribution in [0.25, 0.3) is 0 Å². The second kappa shape index (κ2) is 5.72. The minimum absolute atomic E-state index is 0.0844. The molecule has 0 bridgehead atoms. The van der Waals surface area contributed by atoms with E-state index >= 15 is 0 Å². The van der Waals surface area contributed by atoms with Crippen molar-refractivity contribution in [1.29, 1.82) is 0 Å². The fourth-order valence-corrected chi connectivity index (χ4v) is 0.719. The molecule has 0 amide bonds. The lowest BCUT2D eigenvalue weighted by Gasteiger charge is -2.18. The van der Waals surface area contributed by atoms with E-state index in [1.54, 1.807) is 0 Å². The topological polar surface area (TPSA) is 69.6 Å². The molecule has 0 saturated carbocycles. The Morgan fingerprint density at radius 2 is 2.08 bits per heavy atom. The number of rotatable bonds is 6. The van der Waals surface area contributed by atoms with Gasteiger partial charge in [-0.15, -0.1) is 0 Å². The molecule has 0 aromatic heterocycles. The molecule has 2 atom stereocenters. The van der Waals surface area contributed by atoms with E-state index in [4.69, 9.17) is 10.2 Å². The maximum atomic E-state index is 10.4. The molecule has 0 saturated heterocycles. The van der Waals surface area contributed by atoms with Crippen LogP contribution in [0.3, 0.4) is 0 Å². The quantitative estimate of drug-likeness (QED) is 0.521. The van der Waals surface area contributed by atoms with Gasteiger partial charge in [0.1, 0.15) is 0 Å². The fraction of sp³-hybridized carbons (Fsp3) is 0.667. The third-order valence-electron chi connectivity index (χ3n) is 2.08. The summed E-state index contributed by atoms with van der Waals surface area (Å²) >= 11 is 0. The van der Waals surface area contributed by atoms with Crippen LogP contribution in [0.4, 0.5) is 0 Å². The first-order valence-electron chi connectivity index (χ1n) is 4.24. The molecular weight excluding hydrogens is 170 g/mol. The Labute approximate surface area is 78.3 Å². The van der Waals surface area contributed by atoms with E-state index in [1.807, 2.05) is 13.8 Å². The standard InChI is InChI=1S/C9H17NO3/c1-6(9(12)13)4-10-8(3)7(2)5-11/h7-8,10-11H,1,4-5H2,2-3H3,(H,12,13). The average molecular weight is 187 g/mol. The molecule has 0 radical (unpaired) electrons. The fourth-order valence-electron chi connectivity index (χ4n) is 0.719. The van der Waals surface area contributed by atoms with Crippen molar-refractivity contribution in [3.05, 3.63) is 12.2 Å². The smallest absolute Gasteiger partial charge is 0.332 e. The molecule has 13 heavy (non-hydrogen) atoms. The first-order valence-corrected chi connectivity index (χ1v) is 4.24. The molecule has 2 unspecified atom stereocenters. The highest BCUT2D eigenvalue weighted by Gasteiger charge is 2.11. The zero-order valence-corrected chi connectivity index (χ0v) is 8.08. The van der Waals surface area contributed by atoms with Gasteiger partial charge in [0.05, 0.1) is 0 Å². The normalized spacial score (nSPS) is 15.0. The van der Waals surface area contributed by atoms with Crippen molar-refractivity contribution in [2.75, 3.05) is 13.2 Å². The summed E-state index contributed by atoms with van der Waals surface area (Å²) in [4.78, 5) is 10.4. The number of aliphatic carboxylic acids is 1. The zero-order chi connectivity index (χ0) is 10.4. The highest BCUT2D eigenvalue weighted by atomic mass is 16.4. The van der Waals surface area contributed by atoms with Crippen LogP contribution in [0.1, 0.15) is 13.8 Å². The van der Waals surface area contributed by atoms with Crippen LogP contribution in [0.2, 0.25) is 0 Å². The van der Waals surface area contributed by atoms with Crippen molar-refractivity contribution in [3.8, 4) is 0 Å². The van der Waals surface area contributed by atoms with E-state index in [-0.39, 0.29) is 30.7 Å². The molecule has 0 aliphatic carbocycles. The number of nitrogens with one attached hydrogen (secondary N) is 1. The molecule has 4 heteroatoms. The summed E-state index contributed by atoms with van der Waals surface area (Å²) in [5.74, 6) is -0.877. The van der Waals surface area contributed by atoms with Crippen LogP contribution in [0, 0.1) is 5.92 Å². The minimum atomic E-state index is -0.989. The number of carbonyl (C=O) groups is 1. The maximum absolute atomic E-state index is 10.4. The predicted octanol–water partition coefficient (Wildman–Crippen LogP) is 0.234. The summed E-state index contributed by atoms with van der Waals surface area (Å²) in [6, 6.07) is 0.0844. The van der Waals surface area contributed by atoms with Crippen LogP contribution in [-0.2, 0) is 4.79 Å². The van der Waals surface area contributed by atoms with Gasteiger partial charge in [-0.3, -0.25) is 0 Å². The Hall–Kier alpha value is -0.870. The third-order valence-corrected chi connectivity index (χ3v) is 2.08. The van der Waals surface area contributed by atoms with Gasteiger partial charge in [-0.05, 0) is 12.8 Å². The molecule has 4 nitrogen and oxygen atoms in total. The zero-order valence-electron chi connectivity index (χ0n) is 8.08. The number of carboxylic acids is 1. The van der Waals surface area contributed by atoms with E-state index in [0.717, 1.165) is 0 Å². The Morgan fingerprint density at radius 1 is 1.54 bits per heavy atom. The molecule has 0 aliphatic heterocycles. The SMILES string of the molecule is C=C(CNC(C)C(C)CO)C(=O)O. The van der Waals surface area contributed by atoms with Gasteiger partial charge in [-0.2, -0.15) is 0 Å². The summed E-state index contributed by atoms with van der Waals surface area (Å²) in [7, 11) is 0. The second-order valence-electron chi connectivity index (χ2n) is 3.24. The maximum Gasteiger partial charge on any atom is 0.332 e. The van der Waals surface area contributed by atoms with E-state index in [2.05, 4.69) is 11.9 Å². The number of aliphatic hydroxyl groups excluding tert-OH is 1. The number of carboxylic acid groups (broad SMARTS) is 1. The molecule has 0 heterocycles. The summed E-state index contributed by atoms with van der Waals surface area (Å²) in [6.07, 6.45) is 0. The molecule has 76 valence electrons. The number of aliphatic hydroxyl groups is 1. The summed E-state index contributed by atoms with van der Waals surface area (Å²) < 4.78 is 0. The van der Waals surface area contributed by atoms with Gasteiger partial charge in [0.2, 0.25) is 0 Å². The summed E-state index contributed by atoms with van der Waals surface area (Å²) in [6.45, 7) is 7.52. The van der Waals surface area contributed by atoms with Crippen molar-refractivity contribution in [3.63, 3.8) is 0 Å². The number of hydrogen-bond acceptors (Lipinski definition) is 3. The van der Waals surface area contributed by atoms with Crippen LogP contribution in [-0.4, -0.2) is 35.4 Å². The number of hydrogen-bond donors (Lipinski definition) is 3. The van der Waals surface area contributed by atoms with E-state index in [0.29, 0.717) is 0 Å². The van der Waals surface area contributed by atoms with E-state index in [1.165, 1.54) is 0 Å². The van der Waals surface area contributed by atoms with E-state index < -0.39 is 5.97 Å². The van der Waals surface area contributed by atoms with Gasteiger partial charge in [0, 0.05) is 24.8 Å². The van der Waals surface area contributed by atoms with Crippen LogP contribution < -0.4 is 5.32 Å². The van der Waals surface area contributed by atoms with Gasteiger partial charge in [0.15, 0.2) is 0 Å². The highest BCUT2D eigenvalue weighted by Crippen LogP contribution is 2.01. The Balaban J connectivity index is 3.76. The third kappa shape index (κ3) is 4.65. The molecule has 0 fully saturated rings. The van der Waals surface area contributed by atoms with Gasteiger partial charge >= 0.3 is 5.97 Å². The molecule has 0 spiro atoms. The lowest BCUT2D eigenvalue weighted by Crippen LogP contribution is -2.35. The summed E-state index contributed by atoms with van der Waals surface area (Å²) in [5.41, 5.74) is 0.136. The lowest BCUT2D eigenvalue weighted by atomic mass is 10.1. The second-order valence-corrected chi connectivity index (χ2v) is 3.24. The highest BCUT2D eigenvalue weighted by molar-refractivity contribution is 5.86. The monoisotopic (exact) mass is 187 g/mol. The van der Waals surface area contributed by atoms with Crippen molar-refractivity contribution in [2.24, 2.45) is 5.92 Å². The van der Waals surface area contributed by atoms with Crippen molar-refractivity contribution >= 4 is 5.97 Å². The van der Waals surface area contributed by atoms with Gasteiger partial charge in [-0.25, -0.2) is 4.79 Å². The summed E-state index contributed by atoms with van der Waals surface area (Å²) in [5, 5.41) is 20.3. The van der Waals surface area contributed by atoms with Crippen LogP contribution >= 0.6 is 0 Å². The van der Waals surface area contributed by atoms with Gasteiger partial charge in [0.25, 0.3) is 0 Å².